The molecule has 158 valence electrons. The summed E-state index contributed by atoms with van der Waals surface area (Å²) in [5.41, 5.74) is 2.80. The summed E-state index contributed by atoms with van der Waals surface area (Å²) in [6.45, 7) is 3.78. The number of anilines is 1. The van der Waals surface area contributed by atoms with Crippen molar-refractivity contribution in [2.45, 2.75) is 4.90 Å². The number of benzene rings is 1. The predicted octanol–water partition coefficient (Wildman–Crippen LogP) is 0.488. The van der Waals surface area contributed by atoms with Crippen LogP contribution in [0.1, 0.15) is 0 Å². The molecule has 0 radical (unpaired) electrons. The van der Waals surface area contributed by atoms with Crippen molar-refractivity contribution < 1.29 is 22.7 Å². The molecule has 0 unspecified atom stereocenters. The standard InChI is InChI=1S/C19H26N4O5S/c1-21-6-8-28-18-4-3-16(9-17(18)21)29(25,26)23-12-14-10-22(11-15(14)13-23)19(24)20-5-7-27-2/h3-4,9H,5-8,10-13H2,1-2H3,(H,20,24). The SMILES string of the molecule is COCCNC(=O)N1CC2=C(C1)CN(S(=O)(=O)c1ccc3c(c1)N(C)CCO3)C2. The maximum Gasteiger partial charge on any atom is 0.318 e. The van der Waals surface area contributed by atoms with Crippen LogP contribution in [0, 0.1) is 0 Å². The zero-order chi connectivity index (χ0) is 20.6. The molecule has 0 atom stereocenters. The lowest BCUT2D eigenvalue weighted by Crippen LogP contribution is -2.42. The molecule has 9 nitrogen and oxygen atoms in total. The van der Waals surface area contributed by atoms with E-state index >= 15 is 0 Å². The van der Waals surface area contributed by atoms with Gasteiger partial charge in [0, 0.05) is 46.9 Å². The molecule has 1 aromatic carbocycles. The van der Waals surface area contributed by atoms with E-state index in [1.54, 1.807) is 30.2 Å². The summed E-state index contributed by atoms with van der Waals surface area (Å²) >= 11 is 0. The number of fused-ring (bicyclic) bond motifs is 1. The molecule has 0 fully saturated rings. The molecular formula is C19H26N4O5S. The fraction of sp³-hybridized carbons (Fsp3) is 0.526. The van der Waals surface area contributed by atoms with Crippen LogP contribution < -0.4 is 15.0 Å². The minimum atomic E-state index is -3.62. The molecule has 0 aromatic heterocycles. The second-order valence-electron chi connectivity index (χ2n) is 7.46. The minimum Gasteiger partial charge on any atom is -0.490 e. The summed E-state index contributed by atoms with van der Waals surface area (Å²) in [6.07, 6.45) is 0. The van der Waals surface area contributed by atoms with E-state index in [2.05, 4.69) is 5.32 Å². The molecular weight excluding hydrogens is 396 g/mol. The van der Waals surface area contributed by atoms with Crippen molar-refractivity contribution >= 4 is 21.7 Å². The number of ether oxygens (including phenoxy) is 2. The van der Waals surface area contributed by atoms with E-state index in [-0.39, 0.29) is 10.9 Å². The molecule has 1 aromatic rings. The number of nitrogens with zero attached hydrogens (tertiary/aromatic N) is 3. The maximum atomic E-state index is 13.2. The lowest BCUT2D eigenvalue weighted by Gasteiger charge is -2.28. The molecule has 3 aliphatic heterocycles. The van der Waals surface area contributed by atoms with E-state index in [0.717, 1.165) is 23.4 Å². The monoisotopic (exact) mass is 422 g/mol. The number of hydrogen-bond acceptors (Lipinski definition) is 6. The van der Waals surface area contributed by atoms with Gasteiger partial charge in [-0.3, -0.25) is 0 Å². The van der Waals surface area contributed by atoms with Crippen LogP contribution in [-0.2, 0) is 14.8 Å². The van der Waals surface area contributed by atoms with Crippen molar-refractivity contribution in [3.8, 4) is 5.75 Å². The number of sulfonamides is 1. The summed E-state index contributed by atoms with van der Waals surface area (Å²) in [6, 6.07) is 4.86. The smallest absolute Gasteiger partial charge is 0.318 e. The molecule has 0 spiro atoms. The van der Waals surface area contributed by atoms with Crippen molar-refractivity contribution in [3.63, 3.8) is 0 Å². The normalized spacial score (nSPS) is 19.2. The van der Waals surface area contributed by atoms with E-state index in [9.17, 15) is 13.2 Å². The van der Waals surface area contributed by atoms with E-state index < -0.39 is 10.0 Å². The van der Waals surface area contributed by atoms with Gasteiger partial charge in [-0.25, -0.2) is 13.2 Å². The van der Waals surface area contributed by atoms with Crippen LogP contribution in [0.5, 0.6) is 5.75 Å². The molecule has 0 aliphatic carbocycles. The van der Waals surface area contributed by atoms with Crippen molar-refractivity contribution in [2.24, 2.45) is 0 Å². The quantitative estimate of drug-likeness (QED) is 0.549. The van der Waals surface area contributed by atoms with Gasteiger partial charge in [-0.05, 0) is 29.3 Å². The van der Waals surface area contributed by atoms with E-state index in [4.69, 9.17) is 9.47 Å². The number of likely N-dealkylation sites (N-methyl/N-ethyl adjacent to an activating group) is 1. The molecule has 3 aliphatic rings. The first-order valence-corrected chi connectivity index (χ1v) is 11.0. The Morgan fingerprint density at radius 2 is 1.93 bits per heavy atom. The zero-order valence-electron chi connectivity index (χ0n) is 16.7. The van der Waals surface area contributed by atoms with Crippen LogP contribution in [0.15, 0.2) is 34.2 Å². The fourth-order valence-electron chi connectivity index (χ4n) is 3.87. The van der Waals surface area contributed by atoms with Crippen LogP contribution >= 0.6 is 0 Å². The van der Waals surface area contributed by atoms with Crippen molar-refractivity contribution in [1.82, 2.24) is 14.5 Å². The molecule has 4 rings (SSSR count). The Bertz CT molecular complexity index is 928. The van der Waals surface area contributed by atoms with Crippen molar-refractivity contribution in [1.29, 1.82) is 0 Å². The number of amides is 2. The lowest BCUT2D eigenvalue weighted by molar-refractivity contribution is 0.185. The number of nitrogens with one attached hydrogen (secondary N) is 1. The molecule has 0 saturated carbocycles. The van der Waals surface area contributed by atoms with E-state index in [1.807, 2.05) is 11.9 Å². The van der Waals surface area contributed by atoms with Gasteiger partial charge in [0.05, 0.1) is 23.7 Å². The number of rotatable bonds is 5. The molecule has 10 heteroatoms. The van der Waals surface area contributed by atoms with Gasteiger partial charge in [-0.15, -0.1) is 0 Å². The first kappa shape index (κ1) is 20.0. The van der Waals surface area contributed by atoms with Crippen LogP contribution in [0.3, 0.4) is 0 Å². The Balaban J connectivity index is 1.42. The Morgan fingerprint density at radius 3 is 2.62 bits per heavy atom. The average Bonchev–Trinajstić information content (AvgIpc) is 3.28. The molecule has 0 saturated heterocycles. The molecule has 3 heterocycles. The molecule has 1 N–H and O–H groups in total. The number of methoxy groups -OCH3 is 1. The van der Waals surface area contributed by atoms with Gasteiger partial charge in [0.1, 0.15) is 12.4 Å². The number of urea groups is 1. The number of hydrogen-bond donors (Lipinski definition) is 1. The van der Waals surface area contributed by atoms with Crippen molar-refractivity contribution in [2.75, 3.05) is 71.5 Å². The van der Waals surface area contributed by atoms with Gasteiger partial charge in [-0.1, -0.05) is 0 Å². The maximum absolute atomic E-state index is 13.2. The van der Waals surface area contributed by atoms with E-state index in [0.29, 0.717) is 51.7 Å². The van der Waals surface area contributed by atoms with Gasteiger partial charge >= 0.3 is 6.03 Å². The summed E-state index contributed by atoms with van der Waals surface area (Å²) in [5.74, 6) is 0.704. The van der Waals surface area contributed by atoms with Crippen LogP contribution in [0.2, 0.25) is 0 Å². The summed E-state index contributed by atoms with van der Waals surface area (Å²) in [7, 11) is -0.108. The second-order valence-corrected chi connectivity index (χ2v) is 9.40. The molecule has 2 amide bonds. The lowest BCUT2D eigenvalue weighted by atomic mass is 10.2. The van der Waals surface area contributed by atoms with Crippen LogP contribution in [0.4, 0.5) is 10.5 Å². The van der Waals surface area contributed by atoms with Crippen LogP contribution in [0.25, 0.3) is 0 Å². The fourth-order valence-corrected chi connectivity index (χ4v) is 5.32. The first-order valence-electron chi connectivity index (χ1n) is 9.60. The van der Waals surface area contributed by atoms with Crippen LogP contribution in [-0.4, -0.2) is 90.3 Å². The highest BCUT2D eigenvalue weighted by Crippen LogP contribution is 2.35. The first-order chi connectivity index (χ1) is 13.9. The Kier molecular flexibility index (Phi) is 5.41. The Hall–Kier alpha value is -2.30. The Labute approximate surface area is 170 Å². The van der Waals surface area contributed by atoms with Gasteiger partial charge in [-0.2, -0.15) is 4.31 Å². The average molecular weight is 423 g/mol. The summed E-state index contributed by atoms with van der Waals surface area (Å²) in [4.78, 5) is 16.2. The molecule has 0 bridgehead atoms. The predicted molar refractivity (Wildman–Crippen MR) is 108 cm³/mol. The molecule has 29 heavy (non-hydrogen) atoms. The highest BCUT2D eigenvalue weighted by molar-refractivity contribution is 7.89. The topological polar surface area (TPSA) is 91.4 Å². The number of carbonyl (C=O) groups is 1. The van der Waals surface area contributed by atoms with Crippen molar-refractivity contribution in [3.05, 3.63) is 29.3 Å². The Morgan fingerprint density at radius 1 is 1.21 bits per heavy atom. The van der Waals surface area contributed by atoms with Gasteiger partial charge in [0.15, 0.2) is 0 Å². The minimum absolute atomic E-state index is 0.149. The highest BCUT2D eigenvalue weighted by Gasteiger charge is 2.38. The summed E-state index contributed by atoms with van der Waals surface area (Å²) < 4.78 is 38.4. The van der Waals surface area contributed by atoms with Gasteiger partial charge in [0.2, 0.25) is 10.0 Å². The summed E-state index contributed by atoms with van der Waals surface area (Å²) in [5, 5.41) is 2.80. The second kappa shape index (κ2) is 7.85. The third-order valence-corrected chi connectivity index (χ3v) is 7.32. The third kappa shape index (κ3) is 3.79. The number of carbonyl (C=O) groups excluding carboxylic acids is 1. The van der Waals surface area contributed by atoms with E-state index in [1.165, 1.54) is 4.31 Å². The zero-order valence-corrected chi connectivity index (χ0v) is 17.5. The third-order valence-electron chi connectivity index (χ3n) is 5.53. The largest absolute Gasteiger partial charge is 0.490 e. The van der Waals surface area contributed by atoms with Gasteiger partial charge < -0.3 is 24.6 Å². The van der Waals surface area contributed by atoms with Gasteiger partial charge in [0.25, 0.3) is 0 Å². The highest BCUT2D eigenvalue weighted by atomic mass is 32.2.